The van der Waals surface area contributed by atoms with Crippen molar-refractivity contribution in [2.45, 2.75) is 19.9 Å². The van der Waals surface area contributed by atoms with Gasteiger partial charge in [0.25, 0.3) is 0 Å². The molecule has 0 saturated carbocycles. The molecule has 5 nitrogen and oxygen atoms in total. The molecule has 1 heterocycles. The molecule has 0 aliphatic carbocycles. The fourth-order valence-corrected chi connectivity index (χ4v) is 2.55. The molecule has 2 N–H and O–H groups in total. The number of methoxy groups -OCH3 is 1. The molecule has 128 valence electrons. The van der Waals surface area contributed by atoms with Crippen molar-refractivity contribution in [3.05, 3.63) is 71.9 Å². The molecular weight excluding hydrogens is 312 g/mol. The average molecular weight is 334 g/mol. The summed E-state index contributed by atoms with van der Waals surface area (Å²) in [5.74, 6) is 2.14. The van der Waals surface area contributed by atoms with Crippen molar-refractivity contribution in [2.24, 2.45) is 0 Å². The van der Waals surface area contributed by atoms with E-state index in [-0.39, 0.29) is 6.04 Å². The highest BCUT2D eigenvalue weighted by Gasteiger charge is 2.07. The van der Waals surface area contributed by atoms with Gasteiger partial charge in [-0.3, -0.25) is 0 Å². The van der Waals surface area contributed by atoms with Gasteiger partial charge >= 0.3 is 0 Å². The highest BCUT2D eigenvalue weighted by atomic mass is 16.5. The fraction of sp³-hybridized carbons (Fsp3) is 0.200. The van der Waals surface area contributed by atoms with Crippen LogP contribution in [0, 0.1) is 6.92 Å². The highest BCUT2D eigenvalue weighted by molar-refractivity contribution is 5.56. The van der Waals surface area contributed by atoms with E-state index in [4.69, 9.17) is 4.74 Å². The van der Waals surface area contributed by atoms with E-state index in [1.807, 2.05) is 30.3 Å². The Morgan fingerprint density at radius 2 is 1.84 bits per heavy atom. The topological polar surface area (TPSA) is 59.1 Å². The maximum Gasteiger partial charge on any atom is 0.229 e. The summed E-state index contributed by atoms with van der Waals surface area (Å²) in [5, 5.41) is 6.62. The lowest BCUT2D eigenvalue weighted by atomic mass is 10.1. The second-order valence-electron chi connectivity index (χ2n) is 5.90. The zero-order valence-electron chi connectivity index (χ0n) is 14.7. The van der Waals surface area contributed by atoms with Gasteiger partial charge < -0.3 is 15.4 Å². The number of rotatable bonds is 6. The molecule has 0 saturated heterocycles. The normalized spacial score (nSPS) is 11.6. The van der Waals surface area contributed by atoms with Crippen molar-refractivity contribution in [1.82, 2.24) is 9.97 Å². The predicted octanol–water partition coefficient (Wildman–Crippen LogP) is 4.71. The Hall–Kier alpha value is -3.08. The molecule has 0 amide bonds. The smallest absolute Gasteiger partial charge is 0.229 e. The van der Waals surface area contributed by atoms with Crippen molar-refractivity contribution in [1.29, 1.82) is 0 Å². The van der Waals surface area contributed by atoms with Crippen LogP contribution in [-0.4, -0.2) is 17.1 Å². The van der Waals surface area contributed by atoms with Crippen LogP contribution < -0.4 is 15.4 Å². The van der Waals surface area contributed by atoms with Crippen LogP contribution in [0.25, 0.3) is 0 Å². The summed E-state index contributed by atoms with van der Waals surface area (Å²) in [6.07, 6.45) is 1.74. The third-order valence-corrected chi connectivity index (χ3v) is 3.91. The SMILES string of the molecule is COc1ccc(Nc2nccc(NC(C)c3cccc(C)c3)n2)cc1. The largest absolute Gasteiger partial charge is 0.497 e. The lowest BCUT2D eigenvalue weighted by molar-refractivity contribution is 0.415. The number of nitrogens with zero attached hydrogens (tertiary/aromatic N) is 2. The van der Waals surface area contributed by atoms with E-state index in [1.165, 1.54) is 11.1 Å². The minimum atomic E-state index is 0.156. The Labute approximate surface area is 148 Å². The molecule has 0 aliphatic rings. The zero-order valence-corrected chi connectivity index (χ0v) is 14.7. The van der Waals surface area contributed by atoms with Crippen LogP contribution >= 0.6 is 0 Å². The van der Waals surface area contributed by atoms with E-state index in [1.54, 1.807) is 13.3 Å². The number of aryl methyl sites for hydroxylation is 1. The van der Waals surface area contributed by atoms with Crippen LogP contribution in [0.4, 0.5) is 17.5 Å². The summed E-state index contributed by atoms with van der Waals surface area (Å²) in [6.45, 7) is 4.21. The first-order chi connectivity index (χ1) is 12.1. The monoisotopic (exact) mass is 334 g/mol. The number of benzene rings is 2. The van der Waals surface area contributed by atoms with E-state index in [9.17, 15) is 0 Å². The molecule has 5 heteroatoms. The second kappa shape index (κ2) is 7.66. The van der Waals surface area contributed by atoms with Crippen molar-refractivity contribution in [3.63, 3.8) is 0 Å². The third kappa shape index (κ3) is 4.47. The Morgan fingerprint density at radius 1 is 1.04 bits per heavy atom. The van der Waals surface area contributed by atoms with Crippen LogP contribution in [0.15, 0.2) is 60.8 Å². The average Bonchev–Trinajstić information content (AvgIpc) is 2.63. The van der Waals surface area contributed by atoms with Crippen LogP contribution in [0.2, 0.25) is 0 Å². The molecule has 0 fully saturated rings. The fourth-order valence-electron chi connectivity index (χ4n) is 2.55. The van der Waals surface area contributed by atoms with E-state index in [2.05, 4.69) is 58.7 Å². The second-order valence-corrected chi connectivity index (χ2v) is 5.90. The van der Waals surface area contributed by atoms with Gasteiger partial charge in [0.1, 0.15) is 11.6 Å². The minimum Gasteiger partial charge on any atom is -0.497 e. The van der Waals surface area contributed by atoms with Gasteiger partial charge in [-0.1, -0.05) is 29.8 Å². The van der Waals surface area contributed by atoms with Crippen molar-refractivity contribution in [2.75, 3.05) is 17.7 Å². The number of ether oxygens (including phenoxy) is 1. The molecule has 25 heavy (non-hydrogen) atoms. The summed E-state index contributed by atoms with van der Waals surface area (Å²) in [5.41, 5.74) is 3.38. The summed E-state index contributed by atoms with van der Waals surface area (Å²) in [7, 11) is 1.65. The molecule has 3 aromatic rings. The van der Waals surface area contributed by atoms with Crippen LogP contribution in [0.5, 0.6) is 5.75 Å². The van der Waals surface area contributed by atoms with Gasteiger partial charge in [0.05, 0.1) is 7.11 Å². The Kier molecular flexibility index (Phi) is 5.14. The molecule has 1 unspecified atom stereocenters. The zero-order chi connectivity index (χ0) is 17.6. The number of nitrogens with one attached hydrogen (secondary N) is 2. The lowest BCUT2D eigenvalue weighted by Gasteiger charge is -2.16. The van der Waals surface area contributed by atoms with E-state index in [0.717, 1.165) is 17.3 Å². The van der Waals surface area contributed by atoms with Crippen LogP contribution in [0.3, 0.4) is 0 Å². The lowest BCUT2D eigenvalue weighted by Crippen LogP contribution is -2.09. The first kappa shape index (κ1) is 16.8. The van der Waals surface area contributed by atoms with Crippen LogP contribution in [-0.2, 0) is 0 Å². The quantitative estimate of drug-likeness (QED) is 0.683. The van der Waals surface area contributed by atoms with Gasteiger partial charge in [0.15, 0.2) is 0 Å². The van der Waals surface area contributed by atoms with Gasteiger partial charge in [-0.15, -0.1) is 0 Å². The third-order valence-electron chi connectivity index (χ3n) is 3.91. The number of aromatic nitrogens is 2. The van der Waals surface area contributed by atoms with Crippen molar-refractivity contribution in [3.8, 4) is 5.75 Å². The summed E-state index contributed by atoms with van der Waals surface area (Å²) in [6, 6.07) is 18.1. The maximum atomic E-state index is 5.16. The minimum absolute atomic E-state index is 0.156. The maximum absolute atomic E-state index is 5.16. The van der Waals surface area contributed by atoms with Gasteiger partial charge in [0.2, 0.25) is 5.95 Å². The first-order valence-corrected chi connectivity index (χ1v) is 8.21. The molecule has 1 atom stereocenters. The molecule has 0 radical (unpaired) electrons. The molecule has 3 rings (SSSR count). The Bertz CT molecular complexity index is 833. The van der Waals surface area contributed by atoms with Crippen LogP contribution in [0.1, 0.15) is 24.1 Å². The Balaban J connectivity index is 1.70. The Morgan fingerprint density at radius 3 is 2.56 bits per heavy atom. The number of hydrogen-bond acceptors (Lipinski definition) is 5. The van der Waals surface area contributed by atoms with Gasteiger partial charge in [0, 0.05) is 17.9 Å². The molecule has 1 aromatic heterocycles. The molecular formula is C20H22N4O. The number of hydrogen-bond donors (Lipinski definition) is 2. The van der Waals surface area contributed by atoms with E-state index < -0.39 is 0 Å². The number of anilines is 3. The molecule has 0 aliphatic heterocycles. The first-order valence-electron chi connectivity index (χ1n) is 8.21. The summed E-state index contributed by atoms with van der Waals surface area (Å²) >= 11 is 0. The summed E-state index contributed by atoms with van der Waals surface area (Å²) < 4.78 is 5.16. The van der Waals surface area contributed by atoms with Crippen molar-refractivity contribution >= 4 is 17.5 Å². The van der Waals surface area contributed by atoms with E-state index in [0.29, 0.717) is 5.95 Å². The standard InChI is InChI=1S/C20H22N4O/c1-14-5-4-6-16(13-14)15(2)22-19-11-12-21-20(24-19)23-17-7-9-18(25-3)10-8-17/h4-13,15H,1-3H3,(H2,21,22,23,24). The van der Waals surface area contributed by atoms with Gasteiger partial charge in [-0.2, -0.15) is 4.98 Å². The molecule has 2 aromatic carbocycles. The van der Waals surface area contributed by atoms with Gasteiger partial charge in [-0.25, -0.2) is 4.98 Å². The molecule has 0 bridgehead atoms. The molecule has 0 spiro atoms. The van der Waals surface area contributed by atoms with Crippen molar-refractivity contribution < 1.29 is 4.74 Å². The predicted molar refractivity (Wildman–Crippen MR) is 102 cm³/mol. The van der Waals surface area contributed by atoms with Gasteiger partial charge in [-0.05, 0) is 49.7 Å². The van der Waals surface area contributed by atoms with E-state index >= 15 is 0 Å². The highest BCUT2D eigenvalue weighted by Crippen LogP contribution is 2.21. The summed E-state index contributed by atoms with van der Waals surface area (Å²) in [4.78, 5) is 8.81.